The molecule has 1 aliphatic carbocycles. The van der Waals surface area contributed by atoms with Gasteiger partial charge in [-0.15, -0.1) is 0 Å². The molecular weight excluding hydrogens is 170 g/mol. The van der Waals surface area contributed by atoms with Crippen LogP contribution in [0.25, 0.3) is 0 Å². The van der Waals surface area contributed by atoms with Crippen LogP contribution in [0.2, 0.25) is 0 Å². The third-order valence-corrected chi connectivity index (χ3v) is 1.86. The van der Waals surface area contributed by atoms with Gasteiger partial charge in [-0.25, -0.2) is 4.79 Å². The first kappa shape index (κ1) is 9.51. The summed E-state index contributed by atoms with van der Waals surface area (Å²) in [5.41, 5.74) is 0.141. The minimum atomic E-state index is -0.569. The zero-order valence-electron chi connectivity index (χ0n) is 7.28. The van der Waals surface area contributed by atoms with Gasteiger partial charge in [0, 0.05) is 12.1 Å². The number of esters is 1. The van der Waals surface area contributed by atoms with Crippen LogP contribution in [0.1, 0.15) is 6.42 Å². The summed E-state index contributed by atoms with van der Waals surface area (Å²) in [6, 6.07) is 0. The molecular formula is C9H11NO3. The van der Waals surface area contributed by atoms with Crippen molar-refractivity contribution in [2.45, 2.75) is 6.42 Å². The van der Waals surface area contributed by atoms with E-state index >= 15 is 0 Å². The molecule has 1 rings (SSSR count). The van der Waals surface area contributed by atoms with E-state index in [9.17, 15) is 9.90 Å². The molecule has 70 valence electrons. The first-order chi connectivity index (χ1) is 6.19. The third kappa shape index (κ3) is 1.96. The van der Waals surface area contributed by atoms with Crippen molar-refractivity contribution in [1.82, 2.24) is 0 Å². The van der Waals surface area contributed by atoms with Crippen LogP contribution in [-0.4, -0.2) is 24.4 Å². The molecule has 1 atom stereocenters. The average molecular weight is 181 g/mol. The monoisotopic (exact) mass is 181 g/mol. The van der Waals surface area contributed by atoms with Gasteiger partial charge in [0.15, 0.2) is 0 Å². The first-order valence-corrected chi connectivity index (χ1v) is 3.89. The van der Waals surface area contributed by atoms with Crippen LogP contribution < -0.4 is 0 Å². The Labute approximate surface area is 76.0 Å². The Balaban J connectivity index is 2.90. The number of nitrogens with one attached hydrogen (secondary N) is 1. The fraction of sp³-hybridized carbons (Fsp3) is 0.333. The Morgan fingerprint density at radius 1 is 1.85 bits per heavy atom. The van der Waals surface area contributed by atoms with Crippen LogP contribution >= 0.6 is 0 Å². The van der Waals surface area contributed by atoms with Crippen LogP contribution in [0.4, 0.5) is 0 Å². The summed E-state index contributed by atoms with van der Waals surface area (Å²) in [6.45, 7) is 0. The van der Waals surface area contributed by atoms with Gasteiger partial charge in [-0.3, -0.25) is 0 Å². The molecule has 0 aromatic rings. The molecule has 0 amide bonds. The number of ether oxygens (including phenoxy) is 1. The maximum Gasteiger partial charge on any atom is 0.341 e. The smallest absolute Gasteiger partial charge is 0.341 e. The highest BCUT2D eigenvalue weighted by Gasteiger charge is 2.19. The lowest BCUT2D eigenvalue weighted by atomic mass is 9.96. The van der Waals surface area contributed by atoms with Gasteiger partial charge in [0.2, 0.25) is 0 Å². The Morgan fingerprint density at radius 2 is 2.54 bits per heavy atom. The lowest BCUT2D eigenvalue weighted by Crippen LogP contribution is -2.13. The second-order valence-corrected chi connectivity index (χ2v) is 2.73. The Hall–Kier alpha value is -1.58. The highest BCUT2D eigenvalue weighted by molar-refractivity contribution is 5.93. The number of carbonyl (C=O) groups excluding carboxylic acids is 1. The molecule has 0 heterocycles. The van der Waals surface area contributed by atoms with E-state index in [1.807, 2.05) is 0 Å². The molecule has 0 aliphatic heterocycles. The zero-order valence-corrected chi connectivity index (χ0v) is 7.28. The minimum absolute atomic E-state index is 0.0649. The van der Waals surface area contributed by atoms with E-state index in [-0.39, 0.29) is 17.3 Å². The van der Waals surface area contributed by atoms with Crippen molar-refractivity contribution in [3.63, 3.8) is 0 Å². The minimum Gasteiger partial charge on any atom is -0.507 e. The number of aliphatic hydroxyl groups excluding tert-OH is 1. The third-order valence-electron chi connectivity index (χ3n) is 1.86. The first-order valence-electron chi connectivity index (χ1n) is 3.89. The molecule has 0 unspecified atom stereocenters. The molecule has 13 heavy (non-hydrogen) atoms. The molecule has 0 radical (unpaired) electrons. The van der Waals surface area contributed by atoms with Gasteiger partial charge in [0.25, 0.3) is 0 Å². The number of rotatable bonds is 2. The van der Waals surface area contributed by atoms with E-state index in [2.05, 4.69) is 4.74 Å². The Bertz CT molecular complexity index is 291. The quantitative estimate of drug-likeness (QED) is 0.496. The second-order valence-electron chi connectivity index (χ2n) is 2.73. The van der Waals surface area contributed by atoms with Gasteiger partial charge in [-0.2, -0.15) is 0 Å². The molecule has 4 nitrogen and oxygen atoms in total. The number of methoxy groups -OCH3 is 1. The van der Waals surface area contributed by atoms with Crippen LogP contribution in [-0.2, 0) is 9.53 Å². The largest absolute Gasteiger partial charge is 0.507 e. The predicted molar refractivity (Wildman–Crippen MR) is 47.7 cm³/mol. The van der Waals surface area contributed by atoms with Crippen molar-refractivity contribution in [2.24, 2.45) is 5.92 Å². The molecule has 0 fully saturated rings. The fourth-order valence-corrected chi connectivity index (χ4v) is 1.12. The lowest BCUT2D eigenvalue weighted by molar-refractivity contribution is -0.136. The highest BCUT2D eigenvalue weighted by atomic mass is 16.5. The van der Waals surface area contributed by atoms with Crippen molar-refractivity contribution in [3.05, 3.63) is 23.5 Å². The van der Waals surface area contributed by atoms with E-state index in [0.29, 0.717) is 6.42 Å². The summed E-state index contributed by atoms with van der Waals surface area (Å²) < 4.78 is 4.47. The molecule has 0 spiro atoms. The molecule has 2 N–H and O–H groups in total. The van der Waals surface area contributed by atoms with Gasteiger partial charge in [0.05, 0.1) is 12.7 Å². The normalized spacial score (nSPS) is 21.5. The van der Waals surface area contributed by atoms with Crippen molar-refractivity contribution in [3.8, 4) is 0 Å². The van der Waals surface area contributed by atoms with Gasteiger partial charge in [-0.05, 0) is 12.5 Å². The summed E-state index contributed by atoms with van der Waals surface area (Å²) in [7, 11) is 1.25. The van der Waals surface area contributed by atoms with E-state index in [4.69, 9.17) is 5.41 Å². The molecule has 0 saturated heterocycles. The molecule has 0 aromatic carbocycles. The molecule has 0 saturated carbocycles. The van der Waals surface area contributed by atoms with Crippen LogP contribution in [0, 0.1) is 11.3 Å². The number of hydrogen-bond acceptors (Lipinski definition) is 4. The maximum atomic E-state index is 11.1. The van der Waals surface area contributed by atoms with Crippen LogP contribution in [0.5, 0.6) is 0 Å². The topological polar surface area (TPSA) is 70.4 Å². The Morgan fingerprint density at radius 3 is 3.08 bits per heavy atom. The SMILES string of the molecule is COC(=O)C1=C[C@H](C=N)CC=C1O. The number of hydrogen-bond donors (Lipinski definition) is 2. The highest BCUT2D eigenvalue weighted by Crippen LogP contribution is 2.20. The van der Waals surface area contributed by atoms with Gasteiger partial charge in [0.1, 0.15) is 5.76 Å². The van der Waals surface area contributed by atoms with E-state index in [1.165, 1.54) is 25.5 Å². The number of carbonyl (C=O) groups is 1. The molecule has 4 heteroatoms. The lowest BCUT2D eigenvalue weighted by Gasteiger charge is -2.13. The summed E-state index contributed by atoms with van der Waals surface area (Å²) in [4.78, 5) is 11.1. The summed E-state index contributed by atoms with van der Waals surface area (Å²) in [6.07, 6.45) is 4.83. The van der Waals surface area contributed by atoms with Gasteiger partial charge < -0.3 is 15.3 Å². The standard InChI is InChI=1S/C9H11NO3/c1-13-9(12)7-4-6(5-10)2-3-8(7)11/h3-6,10-11H,2H2,1H3/t6-/m1/s1. The summed E-state index contributed by atoms with van der Waals surface area (Å²) >= 11 is 0. The zero-order chi connectivity index (χ0) is 9.84. The number of aliphatic hydroxyl groups is 1. The number of allylic oxidation sites excluding steroid dienone is 2. The van der Waals surface area contributed by atoms with E-state index in [0.717, 1.165) is 0 Å². The second kappa shape index (κ2) is 3.89. The van der Waals surface area contributed by atoms with E-state index < -0.39 is 5.97 Å². The van der Waals surface area contributed by atoms with Crippen LogP contribution in [0.15, 0.2) is 23.5 Å². The average Bonchev–Trinajstić information content (AvgIpc) is 2.17. The van der Waals surface area contributed by atoms with Crippen molar-refractivity contribution in [2.75, 3.05) is 7.11 Å². The summed E-state index contributed by atoms with van der Waals surface area (Å²) in [5, 5.41) is 16.3. The fourth-order valence-electron chi connectivity index (χ4n) is 1.12. The molecule has 0 aromatic heterocycles. The van der Waals surface area contributed by atoms with E-state index in [1.54, 1.807) is 0 Å². The molecule has 1 aliphatic rings. The van der Waals surface area contributed by atoms with Crippen molar-refractivity contribution >= 4 is 12.2 Å². The van der Waals surface area contributed by atoms with Crippen LogP contribution in [0.3, 0.4) is 0 Å². The van der Waals surface area contributed by atoms with Crippen molar-refractivity contribution in [1.29, 1.82) is 5.41 Å². The molecule has 0 bridgehead atoms. The summed E-state index contributed by atoms with van der Waals surface area (Å²) in [5.74, 6) is -0.754. The predicted octanol–water partition coefficient (Wildman–Crippen LogP) is 1.20. The van der Waals surface area contributed by atoms with Crippen molar-refractivity contribution < 1.29 is 14.6 Å². The van der Waals surface area contributed by atoms with Gasteiger partial charge in [-0.1, -0.05) is 6.08 Å². The maximum absolute atomic E-state index is 11.1. The Kier molecular flexibility index (Phi) is 2.84. The van der Waals surface area contributed by atoms with Gasteiger partial charge >= 0.3 is 5.97 Å².